The Morgan fingerprint density at radius 3 is 2.68 bits per heavy atom. The summed E-state index contributed by atoms with van der Waals surface area (Å²) in [5, 5.41) is 2.95. The van der Waals surface area contributed by atoms with Crippen molar-refractivity contribution in [1.29, 1.82) is 0 Å². The molecule has 1 aliphatic rings. The predicted octanol–water partition coefficient (Wildman–Crippen LogP) is 3.16. The molecular formula is C20H24N2O3. The van der Waals surface area contributed by atoms with Gasteiger partial charge in [-0.2, -0.15) is 0 Å². The number of rotatable bonds is 5. The van der Waals surface area contributed by atoms with Crippen LogP contribution in [0.5, 0.6) is 0 Å². The Labute approximate surface area is 148 Å². The zero-order valence-corrected chi connectivity index (χ0v) is 14.5. The van der Waals surface area contributed by atoms with Crippen LogP contribution >= 0.6 is 0 Å². The number of likely N-dealkylation sites (N-methyl/N-ethyl adjacent to an activating group) is 1. The first kappa shape index (κ1) is 17.5. The highest BCUT2D eigenvalue weighted by atomic mass is 16.6. The second kappa shape index (κ2) is 8.65. The number of urea groups is 1. The Hall–Kier alpha value is -2.37. The van der Waals surface area contributed by atoms with Crippen LogP contribution in [0.25, 0.3) is 0 Å². The molecule has 0 aliphatic carbocycles. The molecule has 1 N–H and O–H groups in total. The number of nitrogens with one attached hydrogen (secondary N) is 1. The van der Waals surface area contributed by atoms with Crippen molar-refractivity contribution in [2.24, 2.45) is 0 Å². The predicted molar refractivity (Wildman–Crippen MR) is 97.9 cm³/mol. The third-order valence-corrected chi connectivity index (χ3v) is 4.14. The smallest absolute Gasteiger partial charge is 0.321 e. The van der Waals surface area contributed by atoms with Crippen LogP contribution in [0.1, 0.15) is 11.1 Å². The van der Waals surface area contributed by atoms with Gasteiger partial charge in [0.25, 0.3) is 0 Å². The largest absolute Gasteiger partial charge is 0.376 e. The van der Waals surface area contributed by atoms with Gasteiger partial charge in [0.2, 0.25) is 0 Å². The van der Waals surface area contributed by atoms with Crippen LogP contribution in [0, 0.1) is 0 Å². The fourth-order valence-electron chi connectivity index (χ4n) is 2.84. The Kier molecular flexibility index (Phi) is 6.04. The maximum atomic E-state index is 12.4. The van der Waals surface area contributed by atoms with E-state index in [2.05, 4.69) is 23.5 Å². The molecule has 0 spiro atoms. The average molecular weight is 340 g/mol. The molecule has 1 aliphatic heterocycles. The zero-order chi connectivity index (χ0) is 17.5. The van der Waals surface area contributed by atoms with E-state index in [9.17, 15) is 4.79 Å². The fraction of sp³-hybridized carbons (Fsp3) is 0.350. The average Bonchev–Trinajstić information content (AvgIpc) is 2.63. The summed E-state index contributed by atoms with van der Waals surface area (Å²) in [6.07, 6.45) is 0.780. The molecule has 2 amide bonds. The van der Waals surface area contributed by atoms with Gasteiger partial charge in [0.05, 0.1) is 32.5 Å². The van der Waals surface area contributed by atoms with Crippen LogP contribution in [0.15, 0.2) is 54.6 Å². The van der Waals surface area contributed by atoms with Gasteiger partial charge in [-0.05, 0) is 29.7 Å². The van der Waals surface area contributed by atoms with Crippen LogP contribution in [0.2, 0.25) is 0 Å². The first-order valence-electron chi connectivity index (χ1n) is 8.55. The highest BCUT2D eigenvalue weighted by molar-refractivity contribution is 5.89. The van der Waals surface area contributed by atoms with Crippen LogP contribution < -0.4 is 5.32 Å². The van der Waals surface area contributed by atoms with E-state index in [4.69, 9.17) is 9.47 Å². The maximum Gasteiger partial charge on any atom is 0.321 e. The lowest BCUT2D eigenvalue weighted by Crippen LogP contribution is -2.42. The van der Waals surface area contributed by atoms with Crippen molar-refractivity contribution >= 4 is 11.7 Å². The third-order valence-electron chi connectivity index (χ3n) is 4.14. The summed E-state index contributed by atoms with van der Waals surface area (Å²) in [4.78, 5) is 14.0. The van der Waals surface area contributed by atoms with Gasteiger partial charge in [-0.1, -0.05) is 42.5 Å². The van der Waals surface area contributed by atoms with Crippen LogP contribution in [-0.2, 0) is 15.9 Å². The van der Waals surface area contributed by atoms with E-state index < -0.39 is 0 Å². The fourth-order valence-corrected chi connectivity index (χ4v) is 2.84. The number of nitrogens with zero attached hydrogens (tertiary/aromatic N) is 1. The van der Waals surface area contributed by atoms with Crippen LogP contribution in [-0.4, -0.2) is 50.4 Å². The molecule has 25 heavy (non-hydrogen) atoms. The standard InChI is InChI=1S/C20H24N2O3/c1-22(14-19-15-24-10-11-25-19)20(23)21-18-9-5-8-17(13-18)12-16-6-3-2-4-7-16/h2-9,13,19H,10-12,14-15H2,1H3,(H,21,23)/t19-/m0/s1. The summed E-state index contributed by atoms with van der Waals surface area (Å²) in [5.41, 5.74) is 3.21. The second-order valence-electron chi connectivity index (χ2n) is 6.24. The van der Waals surface area contributed by atoms with Gasteiger partial charge in [-0.3, -0.25) is 0 Å². The number of anilines is 1. The van der Waals surface area contributed by atoms with E-state index in [1.165, 1.54) is 5.56 Å². The second-order valence-corrected chi connectivity index (χ2v) is 6.24. The van der Waals surface area contributed by atoms with Gasteiger partial charge in [-0.15, -0.1) is 0 Å². The summed E-state index contributed by atoms with van der Waals surface area (Å²) >= 11 is 0. The van der Waals surface area contributed by atoms with Gasteiger partial charge in [-0.25, -0.2) is 4.79 Å². The normalized spacial score (nSPS) is 17.1. The van der Waals surface area contributed by atoms with Crippen molar-refractivity contribution in [3.8, 4) is 0 Å². The molecule has 0 aromatic heterocycles. The first-order valence-corrected chi connectivity index (χ1v) is 8.55. The number of hydrogen-bond acceptors (Lipinski definition) is 3. The zero-order valence-electron chi connectivity index (χ0n) is 14.5. The molecule has 1 atom stereocenters. The van der Waals surface area contributed by atoms with Crippen molar-refractivity contribution in [3.05, 3.63) is 65.7 Å². The molecule has 2 aromatic carbocycles. The number of carbonyl (C=O) groups excluding carboxylic acids is 1. The lowest BCUT2D eigenvalue weighted by atomic mass is 10.0. The molecule has 5 nitrogen and oxygen atoms in total. The molecule has 0 saturated carbocycles. The topological polar surface area (TPSA) is 50.8 Å². The van der Waals surface area contributed by atoms with Gasteiger partial charge in [0, 0.05) is 12.7 Å². The Balaban J connectivity index is 1.56. The number of benzene rings is 2. The quantitative estimate of drug-likeness (QED) is 0.910. The maximum absolute atomic E-state index is 12.4. The molecule has 1 heterocycles. The Morgan fingerprint density at radius 1 is 1.12 bits per heavy atom. The molecule has 0 radical (unpaired) electrons. The summed E-state index contributed by atoms with van der Waals surface area (Å²) in [5.74, 6) is 0. The van der Waals surface area contributed by atoms with Gasteiger partial charge in [0.15, 0.2) is 0 Å². The van der Waals surface area contributed by atoms with Crippen LogP contribution in [0.4, 0.5) is 10.5 Å². The van der Waals surface area contributed by atoms with Crippen molar-refractivity contribution < 1.29 is 14.3 Å². The number of carbonyl (C=O) groups is 1. The van der Waals surface area contributed by atoms with Crippen molar-refractivity contribution in [1.82, 2.24) is 4.90 Å². The monoisotopic (exact) mass is 340 g/mol. The number of ether oxygens (including phenoxy) is 2. The molecule has 3 rings (SSSR count). The van der Waals surface area contributed by atoms with E-state index in [1.54, 1.807) is 11.9 Å². The van der Waals surface area contributed by atoms with E-state index in [0.717, 1.165) is 17.7 Å². The summed E-state index contributed by atoms with van der Waals surface area (Å²) in [6, 6.07) is 18.1. The first-order chi connectivity index (χ1) is 12.2. The minimum Gasteiger partial charge on any atom is -0.376 e. The molecule has 5 heteroatoms. The Morgan fingerprint density at radius 2 is 1.92 bits per heavy atom. The molecule has 1 fully saturated rings. The summed E-state index contributed by atoms with van der Waals surface area (Å²) in [6.45, 7) is 2.25. The summed E-state index contributed by atoms with van der Waals surface area (Å²) < 4.78 is 11.0. The van der Waals surface area contributed by atoms with Gasteiger partial charge < -0.3 is 19.7 Å². The lowest BCUT2D eigenvalue weighted by Gasteiger charge is -2.27. The SMILES string of the molecule is CN(C[C@H]1COCCO1)C(=O)Nc1cccc(Cc2ccccc2)c1. The van der Waals surface area contributed by atoms with E-state index in [0.29, 0.717) is 26.4 Å². The number of hydrogen-bond donors (Lipinski definition) is 1. The molecule has 0 bridgehead atoms. The third kappa shape index (κ3) is 5.31. The van der Waals surface area contributed by atoms with E-state index in [-0.39, 0.29) is 12.1 Å². The summed E-state index contributed by atoms with van der Waals surface area (Å²) in [7, 11) is 1.76. The minimum absolute atomic E-state index is 0.0612. The highest BCUT2D eigenvalue weighted by Gasteiger charge is 2.19. The van der Waals surface area contributed by atoms with E-state index in [1.807, 2.05) is 36.4 Å². The van der Waals surface area contributed by atoms with E-state index >= 15 is 0 Å². The number of amides is 2. The molecule has 1 saturated heterocycles. The molecule has 0 unspecified atom stereocenters. The van der Waals surface area contributed by atoms with Gasteiger partial charge in [0.1, 0.15) is 0 Å². The molecular weight excluding hydrogens is 316 g/mol. The molecule has 132 valence electrons. The minimum atomic E-state index is -0.147. The van der Waals surface area contributed by atoms with Crippen LogP contribution in [0.3, 0.4) is 0 Å². The molecule has 2 aromatic rings. The van der Waals surface area contributed by atoms with Crippen molar-refractivity contribution in [3.63, 3.8) is 0 Å². The van der Waals surface area contributed by atoms with Crippen molar-refractivity contribution in [2.45, 2.75) is 12.5 Å². The van der Waals surface area contributed by atoms with Gasteiger partial charge >= 0.3 is 6.03 Å². The lowest BCUT2D eigenvalue weighted by molar-refractivity contribution is -0.0925. The highest BCUT2D eigenvalue weighted by Crippen LogP contribution is 2.15. The Bertz CT molecular complexity index is 684. The van der Waals surface area contributed by atoms with Crippen molar-refractivity contribution in [2.75, 3.05) is 38.7 Å².